The topological polar surface area (TPSA) is 103 Å². The molecule has 2 aromatic carbocycles. The molecule has 176 valence electrons. The van der Waals surface area contributed by atoms with E-state index in [2.05, 4.69) is 22.5 Å². The molecule has 1 unspecified atom stereocenters. The summed E-state index contributed by atoms with van der Waals surface area (Å²) >= 11 is 0. The van der Waals surface area contributed by atoms with Gasteiger partial charge in [-0.05, 0) is 43.4 Å². The van der Waals surface area contributed by atoms with Crippen LogP contribution in [0, 0.1) is 17.0 Å². The predicted molar refractivity (Wildman–Crippen MR) is 129 cm³/mol. The molecular formula is C25H27N5O4. The molecule has 34 heavy (non-hydrogen) atoms. The lowest BCUT2D eigenvalue weighted by Gasteiger charge is -2.30. The lowest BCUT2D eigenvalue weighted by atomic mass is 9.88. The van der Waals surface area contributed by atoms with Gasteiger partial charge in [-0.25, -0.2) is 4.68 Å². The molecule has 0 spiro atoms. The molecule has 2 aliphatic rings. The van der Waals surface area contributed by atoms with Crippen LogP contribution in [0.25, 0.3) is 0 Å². The average Bonchev–Trinajstić information content (AvgIpc) is 3.23. The first-order chi connectivity index (χ1) is 16.5. The van der Waals surface area contributed by atoms with E-state index in [9.17, 15) is 14.9 Å². The molecule has 3 aromatic rings. The molecule has 1 aliphatic heterocycles. The summed E-state index contributed by atoms with van der Waals surface area (Å²) in [5, 5.41) is 19.1. The number of hydrogen-bond acceptors (Lipinski definition) is 6. The van der Waals surface area contributed by atoms with E-state index in [1.165, 1.54) is 23.3 Å². The van der Waals surface area contributed by atoms with Gasteiger partial charge in [0, 0.05) is 30.8 Å². The van der Waals surface area contributed by atoms with Gasteiger partial charge in [0.2, 0.25) is 0 Å². The Bertz CT molecular complexity index is 1230. The summed E-state index contributed by atoms with van der Waals surface area (Å²) in [6.07, 6.45) is 4.76. The van der Waals surface area contributed by atoms with Crippen molar-refractivity contribution in [3.8, 4) is 0 Å². The first kappa shape index (κ1) is 22.1. The summed E-state index contributed by atoms with van der Waals surface area (Å²) in [5.41, 5.74) is 4.18. The number of carbonyl (C=O) groups excluding carboxylic acids is 1. The maximum absolute atomic E-state index is 13.6. The van der Waals surface area contributed by atoms with Crippen molar-refractivity contribution in [3.05, 3.63) is 81.0 Å². The van der Waals surface area contributed by atoms with Crippen LogP contribution in [-0.2, 0) is 11.2 Å². The molecule has 1 N–H and O–H groups in total. The van der Waals surface area contributed by atoms with Gasteiger partial charge in [-0.2, -0.15) is 5.10 Å². The summed E-state index contributed by atoms with van der Waals surface area (Å²) in [7, 11) is 0. The summed E-state index contributed by atoms with van der Waals surface area (Å²) in [6, 6.07) is 12.8. The van der Waals surface area contributed by atoms with Crippen LogP contribution in [0.4, 0.5) is 17.2 Å². The zero-order valence-electron chi connectivity index (χ0n) is 19.1. The van der Waals surface area contributed by atoms with Gasteiger partial charge in [-0.15, -0.1) is 0 Å². The fraction of sp³-hybridized carbons (Fsp3) is 0.360. The number of hydrogen-bond donors (Lipinski definition) is 1. The van der Waals surface area contributed by atoms with Crippen molar-refractivity contribution >= 4 is 23.1 Å². The number of carbonyl (C=O) groups is 1. The van der Waals surface area contributed by atoms with Crippen molar-refractivity contribution in [1.82, 2.24) is 9.78 Å². The van der Waals surface area contributed by atoms with E-state index in [-0.39, 0.29) is 23.2 Å². The van der Waals surface area contributed by atoms with E-state index < -0.39 is 4.92 Å². The normalized spacial score (nSPS) is 17.8. The fourth-order valence-corrected chi connectivity index (χ4v) is 4.90. The molecule has 0 bridgehead atoms. The molecule has 1 aromatic heterocycles. The second kappa shape index (κ2) is 9.26. The monoisotopic (exact) mass is 461 g/mol. The third kappa shape index (κ3) is 4.14. The minimum atomic E-state index is -0.478. The highest BCUT2D eigenvalue weighted by molar-refractivity contribution is 6.08. The molecule has 1 atom stereocenters. The standard InChI is InChI=1S/C25H27N5O4/c1-17-16-26-29(23-8-4-6-18-5-2-3-7-20(18)23)24(17)27-25(31)21-15-19(30(32)33)9-10-22(21)28-11-13-34-14-12-28/h2-3,5,7,9-10,15-16,23H,4,6,8,11-14H2,1H3,(H,27,31). The number of morpholine rings is 1. The highest BCUT2D eigenvalue weighted by atomic mass is 16.6. The Balaban J connectivity index is 1.50. The molecule has 2 heterocycles. The van der Waals surface area contributed by atoms with Gasteiger partial charge in [0.05, 0.1) is 41.6 Å². The number of fused-ring (bicyclic) bond motifs is 1. The van der Waals surface area contributed by atoms with Crippen LogP contribution in [0.2, 0.25) is 0 Å². The maximum Gasteiger partial charge on any atom is 0.270 e. The Labute approximate surface area is 197 Å². The van der Waals surface area contributed by atoms with Crippen molar-refractivity contribution in [2.24, 2.45) is 0 Å². The molecule has 0 saturated carbocycles. The van der Waals surface area contributed by atoms with Gasteiger partial charge < -0.3 is 15.0 Å². The predicted octanol–water partition coefficient (Wildman–Crippen LogP) is 4.11. The summed E-state index contributed by atoms with van der Waals surface area (Å²) < 4.78 is 7.32. The largest absolute Gasteiger partial charge is 0.378 e. The van der Waals surface area contributed by atoms with Crippen molar-refractivity contribution in [1.29, 1.82) is 0 Å². The molecular weight excluding hydrogens is 434 g/mol. The minimum absolute atomic E-state index is 0.0257. The molecule has 9 heteroatoms. The Hall–Kier alpha value is -3.72. The van der Waals surface area contributed by atoms with Gasteiger partial charge in [-0.3, -0.25) is 14.9 Å². The zero-order valence-corrected chi connectivity index (χ0v) is 19.1. The molecule has 1 amide bonds. The quantitative estimate of drug-likeness (QED) is 0.453. The van der Waals surface area contributed by atoms with Crippen molar-refractivity contribution in [2.75, 3.05) is 36.5 Å². The van der Waals surface area contributed by atoms with E-state index in [1.54, 1.807) is 12.3 Å². The zero-order chi connectivity index (χ0) is 23.7. The number of aryl methyl sites for hydroxylation is 2. The maximum atomic E-state index is 13.6. The van der Waals surface area contributed by atoms with Crippen LogP contribution in [0.15, 0.2) is 48.7 Å². The van der Waals surface area contributed by atoms with Gasteiger partial charge >= 0.3 is 0 Å². The Morgan fingerprint density at radius 1 is 1.21 bits per heavy atom. The number of nitrogens with zero attached hydrogens (tertiary/aromatic N) is 4. The van der Waals surface area contributed by atoms with Crippen LogP contribution >= 0.6 is 0 Å². The molecule has 1 fully saturated rings. The number of ether oxygens (including phenoxy) is 1. The number of amides is 1. The Kier molecular flexibility index (Phi) is 6.02. The first-order valence-electron chi connectivity index (χ1n) is 11.6. The van der Waals surface area contributed by atoms with Gasteiger partial charge in [0.15, 0.2) is 0 Å². The summed E-state index contributed by atoms with van der Waals surface area (Å²) in [5.74, 6) is 0.227. The van der Waals surface area contributed by atoms with Crippen LogP contribution in [0.5, 0.6) is 0 Å². The number of non-ortho nitro benzene ring substituents is 1. The minimum Gasteiger partial charge on any atom is -0.378 e. The van der Waals surface area contributed by atoms with E-state index >= 15 is 0 Å². The average molecular weight is 462 g/mol. The van der Waals surface area contributed by atoms with Crippen molar-refractivity contribution in [3.63, 3.8) is 0 Å². The molecule has 5 rings (SSSR count). The Morgan fingerprint density at radius 3 is 2.79 bits per heavy atom. The van der Waals surface area contributed by atoms with Gasteiger partial charge in [0.25, 0.3) is 11.6 Å². The smallest absolute Gasteiger partial charge is 0.270 e. The van der Waals surface area contributed by atoms with Gasteiger partial charge in [0.1, 0.15) is 5.82 Å². The lowest BCUT2D eigenvalue weighted by Crippen LogP contribution is -2.37. The van der Waals surface area contributed by atoms with Crippen LogP contribution in [0.3, 0.4) is 0 Å². The number of nitrogens with one attached hydrogen (secondary N) is 1. The molecule has 0 radical (unpaired) electrons. The molecule has 9 nitrogen and oxygen atoms in total. The lowest BCUT2D eigenvalue weighted by molar-refractivity contribution is -0.384. The second-order valence-corrected chi connectivity index (χ2v) is 8.74. The number of nitro groups is 1. The number of benzene rings is 2. The highest BCUT2D eigenvalue weighted by Crippen LogP contribution is 2.35. The van der Waals surface area contributed by atoms with Crippen LogP contribution in [0.1, 0.15) is 45.9 Å². The SMILES string of the molecule is Cc1cnn(C2CCCc3ccccc32)c1NC(=O)c1cc([N+](=O)[O-])ccc1N1CCOCC1. The van der Waals surface area contributed by atoms with E-state index in [1.807, 2.05) is 28.6 Å². The highest BCUT2D eigenvalue weighted by Gasteiger charge is 2.27. The number of rotatable bonds is 5. The third-order valence-electron chi connectivity index (χ3n) is 6.63. The number of aromatic nitrogens is 2. The number of nitro benzene ring substituents is 1. The van der Waals surface area contributed by atoms with E-state index in [4.69, 9.17) is 4.74 Å². The summed E-state index contributed by atoms with van der Waals surface area (Å²) in [4.78, 5) is 26.5. The molecule has 1 saturated heterocycles. The van der Waals surface area contributed by atoms with Crippen LogP contribution < -0.4 is 10.2 Å². The summed E-state index contributed by atoms with van der Waals surface area (Å²) in [6.45, 7) is 4.24. The number of anilines is 2. The second-order valence-electron chi connectivity index (χ2n) is 8.74. The van der Waals surface area contributed by atoms with E-state index in [0.29, 0.717) is 37.8 Å². The Morgan fingerprint density at radius 2 is 2.00 bits per heavy atom. The fourth-order valence-electron chi connectivity index (χ4n) is 4.90. The van der Waals surface area contributed by atoms with Crippen molar-refractivity contribution in [2.45, 2.75) is 32.2 Å². The third-order valence-corrected chi connectivity index (χ3v) is 6.63. The first-order valence-corrected chi connectivity index (χ1v) is 11.6. The van der Waals surface area contributed by atoms with Crippen molar-refractivity contribution < 1.29 is 14.5 Å². The molecule has 1 aliphatic carbocycles. The van der Waals surface area contributed by atoms with Crippen LogP contribution in [-0.4, -0.2) is 46.9 Å². The van der Waals surface area contributed by atoms with E-state index in [0.717, 1.165) is 24.8 Å². The van der Waals surface area contributed by atoms with Gasteiger partial charge in [-0.1, -0.05) is 24.3 Å².